The van der Waals surface area contributed by atoms with Gasteiger partial charge in [-0.1, -0.05) is 62.2 Å². The van der Waals surface area contributed by atoms with Gasteiger partial charge in [0.25, 0.3) is 0 Å². The maximum absolute atomic E-state index is 14.1. The number of rotatable bonds is 2. The highest BCUT2D eigenvalue weighted by atomic mass is 19.1. The Bertz CT molecular complexity index is 623. The molecule has 0 N–H and O–H groups in total. The Morgan fingerprint density at radius 1 is 1.11 bits per heavy atom. The van der Waals surface area contributed by atoms with Gasteiger partial charge in [0.05, 0.1) is 0 Å². The zero-order chi connectivity index (χ0) is 13.5. The maximum atomic E-state index is 14.1. The third kappa shape index (κ3) is 3.42. The van der Waals surface area contributed by atoms with Gasteiger partial charge in [0, 0.05) is 5.56 Å². The van der Waals surface area contributed by atoms with E-state index in [-0.39, 0.29) is 5.82 Å². The Morgan fingerprint density at radius 3 is 2.39 bits per heavy atom. The summed E-state index contributed by atoms with van der Waals surface area (Å²) in [6.07, 6.45) is 5.17. The van der Waals surface area contributed by atoms with E-state index < -0.39 is 0 Å². The van der Waals surface area contributed by atoms with E-state index in [2.05, 4.69) is 19.7 Å². The average Bonchev–Trinajstić information content (AvgIpc) is 2.33. The fourth-order valence-corrected chi connectivity index (χ4v) is 1.60. The molecule has 0 atom stereocenters. The fourth-order valence-electron chi connectivity index (χ4n) is 1.60. The Morgan fingerprint density at radius 2 is 1.78 bits per heavy atom. The molecule has 0 aliphatic carbocycles. The lowest BCUT2D eigenvalue weighted by atomic mass is 10.1. The summed E-state index contributed by atoms with van der Waals surface area (Å²) >= 11 is 0. The Labute approximate surface area is 107 Å². The Kier molecular flexibility index (Phi) is 5.06. The highest BCUT2D eigenvalue weighted by Crippen LogP contribution is 2.10. The first-order chi connectivity index (χ1) is 8.60. The van der Waals surface area contributed by atoms with Crippen molar-refractivity contribution in [2.24, 2.45) is 0 Å². The molecule has 0 heterocycles. The molecule has 92 valence electrons. The first-order valence-electron chi connectivity index (χ1n) is 5.70. The molecule has 0 amide bonds. The smallest absolute Gasteiger partial charge is 0.131 e. The molecule has 1 aromatic carbocycles. The zero-order valence-corrected chi connectivity index (χ0v) is 10.6. The molecule has 1 rings (SSSR count). The van der Waals surface area contributed by atoms with Gasteiger partial charge in [-0.25, -0.2) is 4.39 Å². The molecular weight excluding hydrogens is 223 g/mol. The number of allylic oxidation sites excluding steroid dienone is 1. The summed E-state index contributed by atoms with van der Waals surface area (Å²) in [4.78, 5) is 0. The molecule has 0 aliphatic rings. The minimum Gasteiger partial charge on any atom is -0.206 e. The largest absolute Gasteiger partial charge is 0.206 e. The predicted molar refractivity (Wildman–Crippen MR) is 79.1 cm³/mol. The van der Waals surface area contributed by atoms with Crippen LogP contribution in [0.2, 0.25) is 0 Å². The number of hydrogen-bond donors (Lipinski definition) is 0. The van der Waals surface area contributed by atoms with Gasteiger partial charge >= 0.3 is 0 Å². The summed E-state index contributed by atoms with van der Waals surface area (Å²) in [6.45, 7) is 13.3. The molecule has 0 radical (unpaired) electrons. The van der Waals surface area contributed by atoms with Crippen LogP contribution in [0.25, 0.3) is 25.3 Å². The summed E-state index contributed by atoms with van der Waals surface area (Å²) in [5, 5.41) is 1.34. The first-order valence-corrected chi connectivity index (χ1v) is 5.70. The minimum atomic E-state index is -0.357. The van der Waals surface area contributed by atoms with Gasteiger partial charge in [0.2, 0.25) is 0 Å². The van der Waals surface area contributed by atoms with E-state index in [1.54, 1.807) is 6.07 Å². The summed E-state index contributed by atoms with van der Waals surface area (Å²) in [5.74, 6) is -0.357. The lowest BCUT2D eigenvalue weighted by Crippen LogP contribution is -2.04. The van der Waals surface area contributed by atoms with Gasteiger partial charge in [-0.05, 0) is 29.0 Å². The monoisotopic (exact) mass is 240 g/mol. The van der Waals surface area contributed by atoms with E-state index in [9.17, 15) is 4.39 Å². The van der Waals surface area contributed by atoms with Crippen molar-refractivity contribution in [1.82, 2.24) is 0 Å². The molecular formula is C17H17F. The third-order valence-corrected chi connectivity index (χ3v) is 2.46. The average molecular weight is 240 g/mol. The molecule has 0 bridgehead atoms. The van der Waals surface area contributed by atoms with Crippen LogP contribution >= 0.6 is 0 Å². The van der Waals surface area contributed by atoms with E-state index in [0.717, 1.165) is 10.8 Å². The quantitative estimate of drug-likeness (QED) is 0.742. The van der Waals surface area contributed by atoms with Crippen molar-refractivity contribution < 1.29 is 4.39 Å². The minimum absolute atomic E-state index is 0.357. The van der Waals surface area contributed by atoms with Gasteiger partial charge in [-0.3, -0.25) is 0 Å². The van der Waals surface area contributed by atoms with Crippen molar-refractivity contribution in [2.75, 3.05) is 0 Å². The fraction of sp³-hybridized carbons (Fsp3) is 0.0588. The lowest BCUT2D eigenvalue weighted by Gasteiger charge is -2.00. The van der Waals surface area contributed by atoms with Crippen LogP contribution in [0.3, 0.4) is 0 Å². The summed E-state index contributed by atoms with van der Waals surface area (Å²) in [6, 6.07) is 8.63. The van der Waals surface area contributed by atoms with Crippen molar-refractivity contribution in [3.05, 3.63) is 70.4 Å². The van der Waals surface area contributed by atoms with Crippen molar-refractivity contribution in [2.45, 2.75) is 6.92 Å². The number of halogens is 1. The Balaban J connectivity index is 3.95. The molecule has 1 aromatic rings. The standard InChI is InChI=1S/C17H17F/c1-5-9-16-14(4)11-8-7-10-13(3)12-17(18)15(16)6-2/h5-12H,2-4H2,1H3/b9-5-,10-7?,11-8?,16-15?,17-12?. The normalized spacial score (nSPS) is 10.1. The second-order valence-corrected chi connectivity index (χ2v) is 3.84. The second kappa shape index (κ2) is 6.55. The number of hydrogen-bond acceptors (Lipinski definition) is 0. The van der Waals surface area contributed by atoms with Crippen molar-refractivity contribution >= 4 is 25.3 Å². The van der Waals surface area contributed by atoms with Crippen LogP contribution < -0.4 is 10.4 Å². The molecule has 0 nitrogen and oxygen atoms in total. The summed E-state index contributed by atoms with van der Waals surface area (Å²) in [5.41, 5.74) is 1.15. The van der Waals surface area contributed by atoms with Gasteiger partial charge < -0.3 is 0 Å². The van der Waals surface area contributed by atoms with E-state index in [0.29, 0.717) is 10.8 Å². The molecule has 0 unspecified atom stereocenters. The molecule has 0 aromatic heterocycles. The van der Waals surface area contributed by atoms with Crippen LogP contribution in [0, 0.1) is 5.82 Å². The Hall–Kier alpha value is -2.15. The van der Waals surface area contributed by atoms with Crippen molar-refractivity contribution in [1.29, 1.82) is 0 Å². The molecule has 0 fully saturated rings. The summed E-state index contributed by atoms with van der Waals surface area (Å²) in [7, 11) is 0. The molecule has 18 heavy (non-hydrogen) atoms. The predicted octanol–water partition coefficient (Wildman–Crippen LogP) is 3.45. The lowest BCUT2D eigenvalue weighted by molar-refractivity contribution is 0.625. The topological polar surface area (TPSA) is 0 Å². The van der Waals surface area contributed by atoms with E-state index in [4.69, 9.17) is 0 Å². The summed E-state index contributed by atoms with van der Waals surface area (Å²) < 4.78 is 14.1. The molecule has 0 spiro atoms. The molecule has 0 aliphatic heterocycles. The van der Waals surface area contributed by atoms with Gasteiger partial charge in [-0.15, -0.1) is 0 Å². The highest BCUT2D eigenvalue weighted by molar-refractivity contribution is 5.64. The van der Waals surface area contributed by atoms with E-state index >= 15 is 0 Å². The third-order valence-electron chi connectivity index (χ3n) is 2.46. The van der Waals surface area contributed by atoms with Crippen LogP contribution in [0.4, 0.5) is 4.39 Å². The van der Waals surface area contributed by atoms with Crippen LogP contribution in [0.1, 0.15) is 18.1 Å². The molecule has 0 saturated heterocycles. The zero-order valence-electron chi connectivity index (χ0n) is 10.6. The van der Waals surface area contributed by atoms with E-state index in [1.807, 2.05) is 37.3 Å². The van der Waals surface area contributed by atoms with Crippen LogP contribution in [0.5, 0.6) is 0 Å². The van der Waals surface area contributed by atoms with E-state index in [1.165, 1.54) is 12.1 Å². The maximum Gasteiger partial charge on any atom is 0.131 e. The van der Waals surface area contributed by atoms with Crippen molar-refractivity contribution in [3.8, 4) is 0 Å². The van der Waals surface area contributed by atoms with Gasteiger partial charge in [-0.2, -0.15) is 0 Å². The SMILES string of the molecule is C=Cc1c(F)cc(=C)ccccc(=C)c1/C=C\C. The highest BCUT2D eigenvalue weighted by Gasteiger charge is 2.00. The van der Waals surface area contributed by atoms with Gasteiger partial charge in [0.1, 0.15) is 5.82 Å². The van der Waals surface area contributed by atoms with Crippen LogP contribution in [-0.4, -0.2) is 0 Å². The van der Waals surface area contributed by atoms with Crippen molar-refractivity contribution in [3.63, 3.8) is 0 Å². The molecule has 1 heteroatoms. The van der Waals surface area contributed by atoms with Crippen LogP contribution in [0.15, 0.2) is 43.0 Å². The van der Waals surface area contributed by atoms with Gasteiger partial charge in [0.15, 0.2) is 0 Å². The second-order valence-electron chi connectivity index (χ2n) is 3.84. The first kappa shape index (κ1) is 13.9. The molecule has 0 saturated carbocycles. The van der Waals surface area contributed by atoms with Crippen LogP contribution in [-0.2, 0) is 0 Å².